The number of fused-ring (bicyclic) bond motifs is 1. The summed E-state index contributed by atoms with van der Waals surface area (Å²) < 4.78 is 2.15. The summed E-state index contributed by atoms with van der Waals surface area (Å²) in [7, 11) is 0. The first-order chi connectivity index (χ1) is 20.9. The predicted molar refractivity (Wildman–Crippen MR) is 156 cm³/mol. The Bertz CT molecular complexity index is 1670. The number of carbonyl (C=O) groups excluding carboxylic acids is 4. The first-order valence-electron chi connectivity index (χ1n) is 15.3. The molecule has 4 amide bonds. The smallest absolute Gasteiger partial charge is 0.262 e. The van der Waals surface area contributed by atoms with Crippen molar-refractivity contribution in [3.05, 3.63) is 65.1 Å². The second-order valence-electron chi connectivity index (χ2n) is 12.6. The van der Waals surface area contributed by atoms with Gasteiger partial charge in [-0.25, -0.2) is 0 Å². The van der Waals surface area contributed by atoms with Crippen molar-refractivity contribution < 1.29 is 19.2 Å². The lowest BCUT2D eigenvalue weighted by molar-refractivity contribution is -0.136. The monoisotopic (exact) mass is 579 g/mol. The molecule has 0 spiro atoms. The van der Waals surface area contributed by atoms with E-state index in [2.05, 4.69) is 45.0 Å². The van der Waals surface area contributed by atoms with Crippen LogP contribution >= 0.6 is 0 Å². The number of nitrogens with one attached hydrogen (secondary N) is 3. The van der Waals surface area contributed by atoms with Gasteiger partial charge in [-0.1, -0.05) is 6.07 Å². The topological polar surface area (TPSA) is 138 Å². The highest BCUT2D eigenvalue weighted by atomic mass is 16.2. The fraction of sp³-hybridized carbons (Fsp3) is 0.438. The Balaban J connectivity index is 0.911. The van der Waals surface area contributed by atoms with E-state index in [0.717, 1.165) is 54.5 Å². The predicted octanol–water partition coefficient (Wildman–Crippen LogP) is 2.97. The van der Waals surface area contributed by atoms with Crippen molar-refractivity contribution in [2.24, 2.45) is 5.92 Å². The zero-order chi connectivity index (χ0) is 29.2. The second kappa shape index (κ2) is 10.1. The third kappa shape index (κ3) is 4.62. The van der Waals surface area contributed by atoms with Gasteiger partial charge in [0.05, 0.1) is 28.6 Å². The lowest BCUT2D eigenvalue weighted by atomic mass is 9.80. The Morgan fingerprint density at radius 3 is 2.47 bits per heavy atom. The molecule has 5 heterocycles. The SMILES string of the molecule is O=C1CCC(N2C(=O)c3ccc(NC[C@H]4C[C@H](n5cc(-c6cccc(C7CNC7)n6)c(C6CC6)n5)C4)cc3C2=O)C(=O)N1. The van der Waals surface area contributed by atoms with Crippen LogP contribution in [0, 0.1) is 5.92 Å². The summed E-state index contributed by atoms with van der Waals surface area (Å²) in [5.41, 5.74) is 5.86. The molecule has 11 nitrogen and oxygen atoms in total. The van der Waals surface area contributed by atoms with E-state index in [0.29, 0.717) is 23.8 Å². The standard InChI is InChI=1S/C32H33N7O4/c40-28-9-8-27(30(41)36-28)39-31(42)22-7-6-20(12-23(22)32(39)43)34-13-17-10-21(11-17)38-16-24(29(37-38)18-4-5-18)26-3-1-2-25(35-26)19-14-33-15-19/h1-3,6-7,12,16-19,21,27,33-34H,4-5,8-11,13-15H2,(H,36,40,41)/t17-,21-,27?. The summed E-state index contributed by atoms with van der Waals surface area (Å²) in [5, 5.41) is 14.1. The van der Waals surface area contributed by atoms with Gasteiger partial charge in [0, 0.05) is 61.0 Å². The minimum Gasteiger partial charge on any atom is -0.385 e. The molecular formula is C32H33N7O4. The van der Waals surface area contributed by atoms with Crippen molar-refractivity contribution in [1.82, 2.24) is 30.3 Å². The fourth-order valence-corrected chi connectivity index (χ4v) is 6.70. The normalized spacial score (nSPS) is 25.3. The van der Waals surface area contributed by atoms with Gasteiger partial charge in [0.25, 0.3) is 11.8 Å². The number of hydrogen-bond acceptors (Lipinski definition) is 8. The molecule has 43 heavy (non-hydrogen) atoms. The number of aromatic nitrogens is 3. The molecule has 220 valence electrons. The second-order valence-corrected chi connectivity index (χ2v) is 12.6. The highest BCUT2D eigenvalue weighted by Crippen LogP contribution is 2.45. The fourth-order valence-electron chi connectivity index (χ4n) is 6.70. The van der Waals surface area contributed by atoms with Crippen LogP contribution in [0.4, 0.5) is 5.69 Å². The summed E-state index contributed by atoms with van der Waals surface area (Å²) in [5.74, 6) is -0.491. The number of imide groups is 2. The molecule has 2 saturated carbocycles. The van der Waals surface area contributed by atoms with Gasteiger partial charge in [-0.3, -0.25) is 39.1 Å². The van der Waals surface area contributed by atoms with Crippen LogP contribution in [0.2, 0.25) is 0 Å². The molecule has 1 aromatic carbocycles. The number of pyridine rings is 1. The number of anilines is 1. The summed E-state index contributed by atoms with van der Waals surface area (Å²) in [4.78, 5) is 56.0. The Morgan fingerprint density at radius 2 is 1.72 bits per heavy atom. The van der Waals surface area contributed by atoms with E-state index in [1.165, 1.54) is 24.1 Å². The van der Waals surface area contributed by atoms with E-state index in [4.69, 9.17) is 10.1 Å². The Morgan fingerprint density at radius 1 is 0.907 bits per heavy atom. The summed E-state index contributed by atoms with van der Waals surface area (Å²) in [6.07, 6.45) is 6.83. The van der Waals surface area contributed by atoms with Gasteiger partial charge in [-0.15, -0.1) is 0 Å². The molecule has 3 N–H and O–H groups in total. The van der Waals surface area contributed by atoms with Gasteiger partial charge < -0.3 is 10.6 Å². The zero-order valence-electron chi connectivity index (χ0n) is 23.7. The Labute approximate surface area is 248 Å². The Hall–Kier alpha value is -4.38. The molecule has 0 radical (unpaired) electrons. The molecule has 1 unspecified atom stereocenters. The minimum absolute atomic E-state index is 0.100. The summed E-state index contributed by atoms with van der Waals surface area (Å²) in [6, 6.07) is 10.9. The van der Waals surface area contributed by atoms with Crippen molar-refractivity contribution in [2.45, 2.75) is 62.4 Å². The first kappa shape index (κ1) is 26.3. The van der Waals surface area contributed by atoms with E-state index >= 15 is 0 Å². The van der Waals surface area contributed by atoms with Crippen molar-refractivity contribution >= 4 is 29.3 Å². The molecule has 4 fully saturated rings. The molecule has 8 rings (SSSR count). The van der Waals surface area contributed by atoms with E-state index in [1.807, 2.05) is 0 Å². The van der Waals surface area contributed by atoms with Gasteiger partial charge in [-0.2, -0.15) is 5.10 Å². The number of rotatable bonds is 8. The van der Waals surface area contributed by atoms with Crippen molar-refractivity contribution in [1.29, 1.82) is 0 Å². The molecular weight excluding hydrogens is 546 g/mol. The number of amides is 4. The van der Waals surface area contributed by atoms with Crippen molar-refractivity contribution in [3.63, 3.8) is 0 Å². The maximum Gasteiger partial charge on any atom is 0.262 e. The molecule has 3 aromatic rings. The quantitative estimate of drug-likeness (QED) is 0.347. The van der Waals surface area contributed by atoms with Crippen LogP contribution in [0.25, 0.3) is 11.3 Å². The van der Waals surface area contributed by atoms with Crippen LogP contribution in [0.5, 0.6) is 0 Å². The minimum atomic E-state index is -0.962. The third-order valence-corrected chi connectivity index (χ3v) is 9.59. The molecule has 2 aliphatic carbocycles. The lowest BCUT2D eigenvalue weighted by Crippen LogP contribution is -2.54. The highest BCUT2D eigenvalue weighted by Gasteiger charge is 2.44. The van der Waals surface area contributed by atoms with Crippen LogP contribution < -0.4 is 16.0 Å². The van der Waals surface area contributed by atoms with Gasteiger partial charge in [-0.05, 0) is 68.4 Å². The van der Waals surface area contributed by atoms with Gasteiger partial charge in [0.2, 0.25) is 11.8 Å². The number of carbonyl (C=O) groups is 4. The molecule has 2 saturated heterocycles. The molecule has 11 heteroatoms. The van der Waals surface area contributed by atoms with E-state index in [-0.39, 0.29) is 29.9 Å². The largest absolute Gasteiger partial charge is 0.385 e. The van der Waals surface area contributed by atoms with Gasteiger partial charge in [0.15, 0.2) is 0 Å². The molecule has 2 aromatic heterocycles. The average Bonchev–Trinajstić information content (AvgIpc) is 3.65. The summed E-state index contributed by atoms with van der Waals surface area (Å²) >= 11 is 0. The van der Waals surface area contributed by atoms with E-state index in [9.17, 15) is 19.2 Å². The number of benzene rings is 1. The zero-order valence-corrected chi connectivity index (χ0v) is 23.7. The molecule has 0 bridgehead atoms. The number of piperidine rings is 1. The van der Waals surface area contributed by atoms with Crippen molar-refractivity contribution in [3.8, 4) is 11.3 Å². The highest BCUT2D eigenvalue weighted by molar-refractivity contribution is 6.23. The first-order valence-corrected chi connectivity index (χ1v) is 15.3. The van der Waals surface area contributed by atoms with E-state index in [1.54, 1.807) is 18.2 Å². The summed E-state index contributed by atoms with van der Waals surface area (Å²) in [6.45, 7) is 2.73. The molecule has 3 aliphatic heterocycles. The van der Waals surface area contributed by atoms with Gasteiger partial charge in [0.1, 0.15) is 6.04 Å². The van der Waals surface area contributed by atoms with Gasteiger partial charge >= 0.3 is 0 Å². The molecule has 5 aliphatic rings. The van der Waals surface area contributed by atoms with Crippen LogP contribution in [0.15, 0.2) is 42.6 Å². The van der Waals surface area contributed by atoms with Crippen LogP contribution in [-0.2, 0) is 9.59 Å². The number of hydrogen-bond donors (Lipinski definition) is 3. The average molecular weight is 580 g/mol. The third-order valence-electron chi connectivity index (χ3n) is 9.59. The van der Waals surface area contributed by atoms with E-state index < -0.39 is 23.8 Å². The number of nitrogens with zero attached hydrogens (tertiary/aromatic N) is 4. The Kier molecular flexibility index (Phi) is 6.18. The van der Waals surface area contributed by atoms with Crippen molar-refractivity contribution in [2.75, 3.05) is 25.0 Å². The maximum absolute atomic E-state index is 13.1. The lowest BCUT2D eigenvalue weighted by Gasteiger charge is -2.35. The molecule has 1 atom stereocenters. The maximum atomic E-state index is 13.1. The van der Waals surface area contributed by atoms with Crippen LogP contribution in [0.1, 0.15) is 88.5 Å². The van der Waals surface area contributed by atoms with Crippen LogP contribution in [-0.4, -0.2) is 69.0 Å². The van der Waals surface area contributed by atoms with Crippen LogP contribution in [0.3, 0.4) is 0 Å².